The first-order chi connectivity index (χ1) is 8.76. The minimum atomic E-state index is -3.58. The van der Waals surface area contributed by atoms with Gasteiger partial charge in [0.25, 0.3) is 0 Å². The van der Waals surface area contributed by atoms with E-state index in [0.717, 1.165) is 11.3 Å². The van der Waals surface area contributed by atoms with Gasteiger partial charge >= 0.3 is 0 Å². The third-order valence-electron chi connectivity index (χ3n) is 3.09. The molecule has 1 aromatic carbocycles. The fraction of sp³-hybridized carbons (Fsp3) is 0.417. The first-order valence-electron chi connectivity index (χ1n) is 5.75. The lowest BCUT2D eigenvalue weighted by atomic mass is 10.1. The second kappa shape index (κ2) is 5.31. The lowest BCUT2D eigenvalue weighted by Crippen LogP contribution is -2.25. The van der Waals surface area contributed by atoms with Crippen LogP contribution in [0, 0.1) is 12.8 Å². The Morgan fingerprint density at radius 3 is 2.68 bits per heavy atom. The highest BCUT2D eigenvalue weighted by Gasteiger charge is 2.33. The van der Waals surface area contributed by atoms with Crippen molar-refractivity contribution in [2.45, 2.75) is 13.3 Å². The molecule has 1 atom stereocenters. The van der Waals surface area contributed by atoms with Gasteiger partial charge < -0.3 is 4.90 Å². The standard InChI is InChI=1S/C12H13Cl2NO3S/c1-8-4-10(2-3-11(8)13)15-6-9(5-12(15)16)7-19(14,17)18/h2-4,9H,5-7H2,1H3. The van der Waals surface area contributed by atoms with Gasteiger partial charge in [-0.1, -0.05) is 11.6 Å². The predicted octanol–water partition coefficient (Wildman–Crippen LogP) is 2.57. The van der Waals surface area contributed by atoms with Gasteiger partial charge in [-0.15, -0.1) is 0 Å². The van der Waals surface area contributed by atoms with Gasteiger partial charge in [0.15, 0.2) is 0 Å². The Bertz CT molecular complexity index is 615. The van der Waals surface area contributed by atoms with Crippen LogP contribution in [0.4, 0.5) is 5.69 Å². The summed E-state index contributed by atoms with van der Waals surface area (Å²) < 4.78 is 22.1. The topological polar surface area (TPSA) is 54.5 Å². The Balaban J connectivity index is 2.18. The van der Waals surface area contributed by atoms with E-state index in [2.05, 4.69) is 0 Å². The number of carbonyl (C=O) groups is 1. The molecule has 0 aromatic heterocycles. The Morgan fingerprint density at radius 1 is 1.42 bits per heavy atom. The van der Waals surface area contributed by atoms with Crippen LogP contribution in [0.1, 0.15) is 12.0 Å². The smallest absolute Gasteiger partial charge is 0.232 e. The highest BCUT2D eigenvalue weighted by molar-refractivity contribution is 8.13. The summed E-state index contributed by atoms with van der Waals surface area (Å²) in [5.41, 5.74) is 1.61. The summed E-state index contributed by atoms with van der Waals surface area (Å²) in [6.45, 7) is 2.22. The van der Waals surface area contributed by atoms with E-state index in [-0.39, 0.29) is 24.0 Å². The lowest BCUT2D eigenvalue weighted by Gasteiger charge is -2.17. The average Bonchev–Trinajstić information content (AvgIpc) is 2.61. The zero-order chi connectivity index (χ0) is 14.2. The van der Waals surface area contributed by atoms with Gasteiger partial charge in [0.1, 0.15) is 0 Å². The number of rotatable bonds is 3. The second-order valence-corrected chi connectivity index (χ2v) is 7.94. The van der Waals surface area contributed by atoms with Crippen molar-refractivity contribution in [2.75, 3.05) is 17.2 Å². The van der Waals surface area contributed by atoms with Crippen LogP contribution in [0.2, 0.25) is 5.02 Å². The highest BCUT2D eigenvalue weighted by Crippen LogP contribution is 2.29. The van der Waals surface area contributed by atoms with E-state index in [1.54, 1.807) is 17.0 Å². The molecule has 104 valence electrons. The van der Waals surface area contributed by atoms with Crippen LogP contribution in [0.15, 0.2) is 18.2 Å². The molecular weight excluding hydrogens is 309 g/mol. The fourth-order valence-electron chi connectivity index (χ4n) is 2.22. The van der Waals surface area contributed by atoms with E-state index in [9.17, 15) is 13.2 Å². The van der Waals surface area contributed by atoms with E-state index < -0.39 is 9.05 Å². The summed E-state index contributed by atoms with van der Waals surface area (Å²) in [6, 6.07) is 5.30. The summed E-state index contributed by atoms with van der Waals surface area (Å²) >= 11 is 5.94. The molecular formula is C12H13Cl2NO3S. The molecule has 4 nitrogen and oxygen atoms in total. The maximum absolute atomic E-state index is 11.9. The van der Waals surface area contributed by atoms with E-state index in [4.69, 9.17) is 22.3 Å². The number of hydrogen-bond acceptors (Lipinski definition) is 3. The summed E-state index contributed by atoms with van der Waals surface area (Å²) in [5.74, 6) is -0.526. The van der Waals surface area contributed by atoms with E-state index in [1.807, 2.05) is 13.0 Å². The van der Waals surface area contributed by atoms with Gasteiger partial charge in [0, 0.05) is 40.3 Å². The number of amides is 1. The Labute approximate surface area is 121 Å². The molecule has 1 aromatic rings. The number of hydrogen-bond donors (Lipinski definition) is 0. The van der Waals surface area contributed by atoms with Crippen molar-refractivity contribution in [3.05, 3.63) is 28.8 Å². The monoisotopic (exact) mass is 321 g/mol. The number of benzene rings is 1. The van der Waals surface area contributed by atoms with Crippen molar-refractivity contribution in [2.24, 2.45) is 5.92 Å². The van der Waals surface area contributed by atoms with Crippen LogP contribution in [-0.4, -0.2) is 26.6 Å². The van der Waals surface area contributed by atoms with Crippen LogP contribution in [0.5, 0.6) is 0 Å². The zero-order valence-electron chi connectivity index (χ0n) is 10.3. The molecule has 1 fully saturated rings. The Hall–Kier alpha value is -0.780. The minimum absolute atomic E-state index is 0.0907. The highest BCUT2D eigenvalue weighted by atomic mass is 35.7. The molecule has 0 radical (unpaired) electrons. The van der Waals surface area contributed by atoms with Crippen molar-refractivity contribution in [1.82, 2.24) is 0 Å². The molecule has 1 saturated heterocycles. The van der Waals surface area contributed by atoms with Crippen molar-refractivity contribution < 1.29 is 13.2 Å². The van der Waals surface area contributed by atoms with Crippen LogP contribution < -0.4 is 4.90 Å². The third kappa shape index (κ3) is 3.61. The number of nitrogens with zero attached hydrogens (tertiary/aromatic N) is 1. The molecule has 1 amide bonds. The molecule has 0 saturated carbocycles. The van der Waals surface area contributed by atoms with E-state index >= 15 is 0 Å². The van der Waals surface area contributed by atoms with E-state index in [0.29, 0.717) is 11.6 Å². The maximum Gasteiger partial charge on any atom is 0.232 e. The van der Waals surface area contributed by atoms with Gasteiger partial charge in [-0.2, -0.15) is 0 Å². The van der Waals surface area contributed by atoms with Gasteiger partial charge in [0.2, 0.25) is 15.0 Å². The molecule has 1 heterocycles. The number of halogens is 2. The molecule has 1 aliphatic rings. The number of carbonyl (C=O) groups excluding carboxylic acids is 1. The molecule has 1 aliphatic heterocycles. The predicted molar refractivity (Wildman–Crippen MR) is 76.3 cm³/mol. The summed E-state index contributed by atoms with van der Waals surface area (Å²) in [7, 11) is 1.65. The number of anilines is 1. The fourth-order valence-corrected chi connectivity index (χ4v) is 3.66. The molecule has 2 rings (SSSR count). The van der Waals surface area contributed by atoms with Gasteiger partial charge in [-0.25, -0.2) is 8.42 Å². The van der Waals surface area contributed by atoms with Crippen molar-refractivity contribution >= 4 is 42.9 Å². The quantitative estimate of drug-likeness (QED) is 0.804. The summed E-state index contributed by atoms with van der Waals surface area (Å²) in [6.07, 6.45) is 0.202. The Kier molecular flexibility index (Phi) is 4.08. The Morgan fingerprint density at radius 2 is 2.11 bits per heavy atom. The minimum Gasteiger partial charge on any atom is -0.312 e. The molecule has 0 N–H and O–H groups in total. The second-order valence-electron chi connectivity index (χ2n) is 4.71. The van der Waals surface area contributed by atoms with Gasteiger partial charge in [0.05, 0.1) is 5.75 Å². The van der Waals surface area contributed by atoms with Crippen LogP contribution in [-0.2, 0) is 13.8 Å². The van der Waals surface area contributed by atoms with Gasteiger partial charge in [-0.3, -0.25) is 4.79 Å². The van der Waals surface area contributed by atoms with Crippen LogP contribution in [0.3, 0.4) is 0 Å². The molecule has 0 spiro atoms. The molecule has 0 bridgehead atoms. The third-order valence-corrected chi connectivity index (χ3v) is 4.76. The van der Waals surface area contributed by atoms with Crippen molar-refractivity contribution in [1.29, 1.82) is 0 Å². The summed E-state index contributed by atoms with van der Waals surface area (Å²) in [4.78, 5) is 13.5. The molecule has 7 heteroatoms. The van der Waals surface area contributed by atoms with Crippen LogP contribution in [0.25, 0.3) is 0 Å². The van der Waals surface area contributed by atoms with Gasteiger partial charge in [-0.05, 0) is 30.7 Å². The van der Waals surface area contributed by atoms with E-state index in [1.165, 1.54) is 0 Å². The largest absolute Gasteiger partial charge is 0.312 e. The first-order valence-corrected chi connectivity index (χ1v) is 8.61. The van der Waals surface area contributed by atoms with Crippen molar-refractivity contribution in [3.63, 3.8) is 0 Å². The normalized spacial score (nSPS) is 20.1. The number of aryl methyl sites for hydroxylation is 1. The zero-order valence-corrected chi connectivity index (χ0v) is 12.6. The molecule has 1 unspecified atom stereocenters. The molecule has 19 heavy (non-hydrogen) atoms. The van der Waals surface area contributed by atoms with Crippen molar-refractivity contribution in [3.8, 4) is 0 Å². The van der Waals surface area contributed by atoms with Crippen LogP contribution >= 0.6 is 22.3 Å². The lowest BCUT2D eigenvalue weighted by molar-refractivity contribution is -0.117. The molecule has 0 aliphatic carbocycles. The summed E-state index contributed by atoms with van der Waals surface area (Å²) in [5, 5.41) is 0.635. The average molecular weight is 322 g/mol. The first kappa shape index (κ1) is 14.6. The SMILES string of the molecule is Cc1cc(N2CC(CS(=O)(=O)Cl)CC2=O)ccc1Cl. The maximum atomic E-state index is 11.9.